The van der Waals surface area contributed by atoms with Gasteiger partial charge in [-0.05, 0) is 67.7 Å². The van der Waals surface area contributed by atoms with Gasteiger partial charge in [-0.25, -0.2) is 8.42 Å². The molecule has 8 heteroatoms. The molecule has 0 aliphatic carbocycles. The van der Waals surface area contributed by atoms with Gasteiger partial charge < -0.3 is 5.11 Å². The van der Waals surface area contributed by atoms with Gasteiger partial charge in [0.2, 0.25) is 0 Å². The van der Waals surface area contributed by atoms with Crippen molar-refractivity contribution in [1.29, 1.82) is 0 Å². The number of aliphatic hydroxyl groups excluding tert-OH is 1. The summed E-state index contributed by atoms with van der Waals surface area (Å²) in [5.41, 5.74) is 0.914. The molecule has 0 amide bonds. The summed E-state index contributed by atoms with van der Waals surface area (Å²) in [5.74, 6) is 2.00. The molecule has 2 rings (SSSR count). The third-order valence-electron chi connectivity index (χ3n) is 4.34. The van der Waals surface area contributed by atoms with Crippen molar-refractivity contribution in [3.05, 3.63) is 58.1 Å². The van der Waals surface area contributed by atoms with Gasteiger partial charge in [-0.1, -0.05) is 36.2 Å². The number of sulfonamides is 1. The largest absolute Gasteiger partial charge is 0.392 e. The van der Waals surface area contributed by atoms with E-state index in [0.717, 1.165) is 17.9 Å². The van der Waals surface area contributed by atoms with Crippen LogP contribution in [-0.2, 0) is 16.6 Å². The Kier molecular flexibility index (Phi) is 8.96. The number of anilines is 1. The van der Waals surface area contributed by atoms with Gasteiger partial charge in [0.05, 0.1) is 17.2 Å². The molecule has 0 heterocycles. The van der Waals surface area contributed by atoms with Gasteiger partial charge in [0.15, 0.2) is 0 Å². The average molecular weight is 462 g/mol. The summed E-state index contributed by atoms with van der Waals surface area (Å²) < 4.78 is 28.4. The molecule has 0 unspecified atom stereocenters. The van der Waals surface area contributed by atoms with Crippen LogP contribution >= 0.6 is 35.0 Å². The molecular formula is C20H25Cl2NO3S2. The van der Waals surface area contributed by atoms with Crippen molar-refractivity contribution >= 4 is 50.7 Å². The normalized spacial score (nSPS) is 12.8. The lowest BCUT2D eigenvalue weighted by atomic mass is 10.1. The Bertz CT molecular complexity index is 874. The van der Waals surface area contributed by atoms with Crippen LogP contribution in [0.5, 0.6) is 0 Å². The van der Waals surface area contributed by atoms with Crippen LogP contribution in [0.15, 0.2) is 47.4 Å². The molecule has 1 atom stereocenters. The highest BCUT2D eigenvalue weighted by Crippen LogP contribution is 2.33. The highest BCUT2D eigenvalue weighted by molar-refractivity contribution is 7.99. The van der Waals surface area contributed by atoms with Crippen LogP contribution in [0.4, 0.5) is 5.69 Å². The van der Waals surface area contributed by atoms with Crippen LogP contribution in [0.2, 0.25) is 10.0 Å². The standard InChI is InChI=1S/C20H25Cl2NO3S2/c1-3-27-12-4-5-15(2)23(20-13-18(22)7-6-16(20)14-24)28(25,26)19-10-8-17(21)9-11-19/h6-11,13,15,24H,3-5,12,14H2,1-2H3/t15-/m1/s1. The highest BCUT2D eigenvalue weighted by Gasteiger charge is 2.31. The zero-order chi connectivity index (χ0) is 20.7. The molecule has 28 heavy (non-hydrogen) atoms. The van der Waals surface area contributed by atoms with Crippen LogP contribution in [0.1, 0.15) is 32.3 Å². The second kappa shape index (κ2) is 10.7. The van der Waals surface area contributed by atoms with E-state index in [2.05, 4.69) is 6.92 Å². The van der Waals surface area contributed by atoms with Gasteiger partial charge in [0, 0.05) is 21.7 Å². The van der Waals surface area contributed by atoms with Crippen LogP contribution in [0.3, 0.4) is 0 Å². The zero-order valence-corrected chi connectivity index (χ0v) is 19.1. The van der Waals surface area contributed by atoms with E-state index in [1.165, 1.54) is 16.4 Å². The summed E-state index contributed by atoms with van der Waals surface area (Å²) in [7, 11) is -3.86. The summed E-state index contributed by atoms with van der Waals surface area (Å²) in [5, 5.41) is 10.7. The first-order chi connectivity index (χ1) is 13.3. The van der Waals surface area contributed by atoms with E-state index in [9.17, 15) is 13.5 Å². The molecule has 2 aromatic rings. The Hall–Kier alpha value is -0.920. The summed E-state index contributed by atoms with van der Waals surface area (Å²) in [6.07, 6.45) is 1.58. The zero-order valence-electron chi connectivity index (χ0n) is 15.9. The molecule has 4 nitrogen and oxygen atoms in total. The molecule has 2 aromatic carbocycles. The van der Waals surface area contributed by atoms with Crippen LogP contribution in [0, 0.1) is 0 Å². The monoisotopic (exact) mass is 461 g/mol. The third-order valence-corrected chi connectivity index (χ3v) is 7.76. The highest BCUT2D eigenvalue weighted by atomic mass is 35.5. The number of benzene rings is 2. The first-order valence-corrected chi connectivity index (χ1v) is 12.4. The summed E-state index contributed by atoms with van der Waals surface area (Å²) in [6.45, 7) is 3.70. The lowest BCUT2D eigenvalue weighted by Gasteiger charge is -2.32. The van der Waals surface area contributed by atoms with E-state index in [0.29, 0.717) is 27.7 Å². The van der Waals surface area contributed by atoms with Crippen LogP contribution in [-0.4, -0.2) is 31.1 Å². The summed E-state index contributed by atoms with van der Waals surface area (Å²) in [4.78, 5) is 0.149. The smallest absolute Gasteiger partial charge is 0.264 e. The first kappa shape index (κ1) is 23.4. The van der Waals surface area contributed by atoms with Gasteiger partial charge in [0.1, 0.15) is 0 Å². The van der Waals surface area contributed by atoms with Gasteiger partial charge >= 0.3 is 0 Å². The van der Waals surface area contributed by atoms with E-state index in [1.807, 2.05) is 18.7 Å². The average Bonchev–Trinajstić information content (AvgIpc) is 2.66. The van der Waals surface area contributed by atoms with Crippen molar-refractivity contribution in [2.75, 3.05) is 15.8 Å². The molecular weight excluding hydrogens is 437 g/mol. The van der Waals surface area contributed by atoms with Gasteiger partial charge in [-0.3, -0.25) is 4.31 Å². The van der Waals surface area contributed by atoms with E-state index >= 15 is 0 Å². The second-order valence-corrected chi connectivity index (χ2v) is 10.5. The Labute approximate surface area is 181 Å². The predicted octanol–water partition coefficient (Wildman–Crippen LogP) is 5.60. The predicted molar refractivity (Wildman–Crippen MR) is 120 cm³/mol. The molecule has 0 radical (unpaired) electrons. The van der Waals surface area contributed by atoms with Gasteiger partial charge in [-0.15, -0.1) is 0 Å². The second-order valence-electron chi connectivity index (χ2n) is 6.37. The van der Waals surface area contributed by atoms with Crippen molar-refractivity contribution in [2.45, 2.75) is 44.2 Å². The maximum Gasteiger partial charge on any atom is 0.264 e. The molecule has 154 valence electrons. The van der Waals surface area contributed by atoms with Crippen molar-refractivity contribution in [1.82, 2.24) is 0 Å². The molecule has 0 saturated carbocycles. The van der Waals surface area contributed by atoms with E-state index in [-0.39, 0.29) is 17.5 Å². The summed E-state index contributed by atoms with van der Waals surface area (Å²) >= 11 is 13.9. The van der Waals surface area contributed by atoms with Crippen molar-refractivity contribution in [3.8, 4) is 0 Å². The Morgan fingerprint density at radius 3 is 2.36 bits per heavy atom. The Morgan fingerprint density at radius 2 is 1.75 bits per heavy atom. The van der Waals surface area contributed by atoms with Crippen LogP contribution < -0.4 is 4.31 Å². The molecule has 0 aliphatic heterocycles. The van der Waals surface area contributed by atoms with E-state index in [1.54, 1.807) is 30.3 Å². The summed E-state index contributed by atoms with van der Waals surface area (Å²) in [6, 6.07) is 10.7. The third kappa shape index (κ3) is 5.80. The SMILES string of the molecule is CCSCCC[C@@H](C)N(c1cc(Cl)ccc1CO)S(=O)(=O)c1ccc(Cl)cc1. The minimum absolute atomic E-state index is 0.149. The van der Waals surface area contributed by atoms with Crippen molar-refractivity contribution < 1.29 is 13.5 Å². The molecule has 0 fully saturated rings. The topological polar surface area (TPSA) is 57.6 Å². The lowest BCUT2D eigenvalue weighted by Crippen LogP contribution is -2.39. The minimum atomic E-state index is -3.86. The number of halogens is 2. The molecule has 0 saturated heterocycles. The van der Waals surface area contributed by atoms with Crippen molar-refractivity contribution in [3.63, 3.8) is 0 Å². The number of thioether (sulfide) groups is 1. The number of aliphatic hydroxyl groups is 1. The number of hydrogen-bond acceptors (Lipinski definition) is 4. The van der Waals surface area contributed by atoms with E-state index in [4.69, 9.17) is 23.2 Å². The molecule has 0 aromatic heterocycles. The number of nitrogens with zero attached hydrogens (tertiary/aromatic N) is 1. The maximum absolute atomic E-state index is 13.5. The first-order valence-electron chi connectivity index (χ1n) is 9.08. The fraction of sp³-hybridized carbons (Fsp3) is 0.400. The fourth-order valence-corrected chi connectivity index (χ4v) is 5.61. The van der Waals surface area contributed by atoms with Gasteiger partial charge in [0.25, 0.3) is 10.0 Å². The molecule has 0 bridgehead atoms. The number of hydrogen-bond donors (Lipinski definition) is 1. The van der Waals surface area contributed by atoms with Crippen LogP contribution in [0.25, 0.3) is 0 Å². The van der Waals surface area contributed by atoms with E-state index < -0.39 is 10.0 Å². The molecule has 0 aliphatic rings. The Morgan fingerprint density at radius 1 is 1.11 bits per heavy atom. The molecule has 0 spiro atoms. The quantitative estimate of drug-likeness (QED) is 0.467. The fourth-order valence-electron chi connectivity index (χ4n) is 2.94. The lowest BCUT2D eigenvalue weighted by molar-refractivity contribution is 0.282. The maximum atomic E-state index is 13.5. The van der Waals surface area contributed by atoms with Crippen molar-refractivity contribution in [2.24, 2.45) is 0 Å². The Balaban J connectivity index is 2.50. The van der Waals surface area contributed by atoms with Gasteiger partial charge in [-0.2, -0.15) is 11.8 Å². The number of rotatable bonds is 10. The molecule has 1 N–H and O–H groups in total. The minimum Gasteiger partial charge on any atom is -0.392 e.